The van der Waals surface area contributed by atoms with Crippen LogP contribution in [0.15, 0.2) is 30.5 Å². The van der Waals surface area contributed by atoms with Crippen molar-refractivity contribution >= 4 is 22.7 Å². The second-order valence-corrected chi connectivity index (χ2v) is 4.25. The fraction of sp³-hybridized carbons (Fsp3) is 0.231. The highest BCUT2D eigenvalue weighted by atomic mass is 16.2. The molecule has 4 heteroatoms. The van der Waals surface area contributed by atoms with Gasteiger partial charge in [0, 0.05) is 23.2 Å². The number of aromatic amines is 1. The third kappa shape index (κ3) is 2.36. The monoisotopic (exact) mass is 230 g/mol. The average Bonchev–Trinajstić information content (AvgIpc) is 2.75. The number of rotatable bonds is 2. The normalized spacial score (nSPS) is 10.8. The minimum absolute atomic E-state index is 0.201. The molecule has 0 saturated heterocycles. The molecule has 88 valence electrons. The van der Waals surface area contributed by atoms with Crippen LogP contribution in [-0.4, -0.2) is 16.8 Å². The minimum Gasteiger partial charge on any atom is -0.361 e. The van der Waals surface area contributed by atoms with Crippen molar-refractivity contribution in [3.05, 3.63) is 36.0 Å². The van der Waals surface area contributed by atoms with Crippen molar-refractivity contribution < 1.29 is 9.59 Å². The van der Waals surface area contributed by atoms with Gasteiger partial charge in [-0.25, -0.2) is 0 Å². The number of carbonyl (C=O) groups is 2. The van der Waals surface area contributed by atoms with Crippen LogP contribution in [0.4, 0.5) is 0 Å². The van der Waals surface area contributed by atoms with Crippen molar-refractivity contribution in [3.63, 3.8) is 0 Å². The molecule has 4 nitrogen and oxygen atoms in total. The van der Waals surface area contributed by atoms with Crippen LogP contribution >= 0.6 is 0 Å². The third-order valence-corrected chi connectivity index (χ3v) is 2.58. The number of fused-ring (bicyclic) bond motifs is 1. The second-order valence-electron chi connectivity index (χ2n) is 4.25. The number of H-pyrrole nitrogens is 1. The maximum absolute atomic E-state index is 11.8. The molecule has 0 spiro atoms. The van der Waals surface area contributed by atoms with Crippen LogP contribution in [0.25, 0.3) is 10.9 Å². The molecule has 2 rings (SSSR count). The smallest absolute Gasteiger partial charge is 0.257 e. The van der Waals surface area contributed by atoms with E-state index >= 15 is 0 Å². The molecule has 2 amide bonds. The summed E-state index contributed by atoms with van der Waals surface area (Å²) in [5, 5.41) is 3.40. The standard InChI is InChI=1S/C13H14N2O2/c1-8(2)12(16)15-13(17)10-4-3-9-5-6-14-11(9)7-10/h3-8,14H,1-2H3,(H,15,16,17). The van der Waals surface area contributed by atoms with Gasteiger partial charge in [0.25, 0.3) is 5.91 Å². The molecule has 17 heavy (non-hydrogen) atoms. The van der Waals surface area contributed by atoms with E-state index in [-0.39, 0.29) is 17.7 Å². The summed E-state index contributed by atoms with van der Waals surface area (Å²) in [6, 6.07) is 7.22. The fourth-order valence-electron chi connectivity index (χ4n) is 1.52. The van der Waals surface area contributed by atoms with Crippen molar-refractivity contribution in [3.8, 4) is 0 Å². The first kappa shape index (κ1) is 11.4. The number of hydrogen-bond acceptors (Lipinski definition) is 2. The van der Waals surface area contributed by atoms with Crippen molar-refractivity contribution in [2.24, 2.45) is 5.92 Å². The first-order chi connectivity index (χ1) is 8.08. The molecular formula is C13H14N2O2. The van der Waals surface area contributed by atoms with Gasteiger partial charge < -0.3 is 4.98 Å². The Morgan fingerprint density at radius 3 is 2.71 bits per heavy atom. The SMILES string of the molecule is CC(C)C(=O)NC(=O)c1ccc2cc[nH]c2c1. The van der Waals surface area contributed by atoms with Crippen LogP contribution in [-0.2, 0) is 4.79 Å². The molecule has 1 aromatic carbocycles. The zero-order chi connectivity index (χ0) is 12.4. The average molecular weight is 230 g/mol. The molecular weight excluding hydrogens is 216 g/mol. The van der Waals surface area contributed by atoms with E-state index < -0.39 is 0 Å². The zero-order valence-corrected chi connectivity index (χ0v) is 9.78. The lowest BCUT2D eigenvalue weighted by molar-refractivity contribution is -0.122. The van der Waals surface area contributed by atoms with Gasteiger partial charge in [-0.3, -0.25) is 14.9 Å². The minimum atomic E-state index is -0.361. The number of aromatic nitrogens is 1. The molecule has 1 heterocycles. The Labute approximate surface area is 99.0 Å². The van der Waals surface area contributed by atoms with Gasteiger partial charge in [0.15, 0.2) is 0 Å². The van der Waals surface area contributed by atoms with E-state index in [2.05, 4.69) is 10.3 Å². The molecule has 0 bridgehead atoms. The van der Waals surface area contributed by atoms with Crippen LogP contribution in [0.2, 0.25) is 0 Å². The lowest BCUT2D eigenvalue weighted by atomic mass is 10.1. The van der Waals surface area contributed by atoms with Crippen molar-refractivity contribution in [1.82, 2.24) is 10.3 Å². The number of imide groups is 1. The summed E-state index contributed by atoms with van der Waals surface area (Å²) in [6.07, 6.45) is 1.81. The quantitative estimate of drug-likeness (QED) is 0.829. The van der Waals surface area contributed by atoms with Gasteiger partial charge in [-0.05, 0) is 23.6 Å². The topological polar surface area (TPSA) is 62.0 Å². The van der Waals surface area contributed by atoms with Gasteiger partial charge in [-0.15, -0.1) is 0 Å². The predicted octanol–water partition coefficient (Wildman–Crippen LogP) is 2.08. The zero-order valence-electron chi connectivity index (χ0n) is 9.78. The van der Waals surface area contributed by atoms with Crippen molar-refractivity contribution in [1.29, 1.82) is 0 Å². The summed E-state index contributed by atoms with van der Waals surface area (Å²) >= 11 is 0. The summed E-state index contributed by atoms with van der Waals surface area (Å²) in [5.74, 6) is -0.824. The fourth-order valence-corrected chi connectivity index (χ4v) is 1.52. The molecule has 0 radical (unpaired) electrons. The van der Waals surface area contributed by atoms with E-state index in [9.17, 15) is 9.59 Å². The Morgan fingerprint density at radius 2 is 2.00 bits per heavy atom. The summed E-state index contributed by atoms with van der Waals surface area (Å²) in [6.45, 7) is 3.49. The molecule has 0 aliphatic heterocycles. The van der Waals surface area contributed by atoms with E-state index in [0.29, 0.717) is 5.56 Å². The molecule has 0 unspecified atom stereocenters. The summed E-state index contributed by atoms with van der Waals surface area (Å²) in [4.78, 5) is 26.2. The molecule has 1 aromatic heterocycles. The molecule has 0 aliphatic rings. The third-order valence-electron chi connectivity index (χ3n) is 2.58. The first-order valence-corrected chi connectivity index (χ1v) is 5.50. The number of nitrogens with one attached hydrogen (secondary N) is 2. The highest BCUT2D eigenvalue weighted by molar-refractivity contribution is 6.06. The Morgan fingerprint density at radius 1 is 1.24 bits per heavy atom. The Kier molecular flexibility index (Phi) is 2.95. The Hall–Kier alpha value is -2.10. The summed E-state index contributed by atoms with van der Waals surface area (Å²) in [5.41, 5.74) is 1.36. The maximum atomic E-state index is 11.8. The lowest BCUT2D eigenvalue weighted by Crippen LogP contribution is -2.33. The highest BCUT2D eigenvalue weighted by Gasteiger charge is 2.13. The second kappa shape index (κ2) is 4.41. The largest absolute Gasteiger partial charge is 0.361 e. The van der Waals surface area contributed by atoms with E-state index in [4.69, 9.17) is 0 Å². The van der Waals surface area contributed by atoms with Crippen molar-refractivity contribution in [2.75, 3.05) is 0 Å². The molecule has 2 N–H and O–H groups in total. The first-order valence-electron chi connectivity index (χ1n) is 5.50. The van der Waals surface area contributed by atoms with Gasteiger partial charge in [-0.1, -0.05) is 19.9 Å². The number of hydrogen-bond donors (Lipinski definition) is 2. The molecule has 0 saturated carbocycles. The Balaban J connectivity index is 2.21. The lowest BCUT2D eigenvalue weighted by Gasteiger charge is -2.06. The Bertz CT molecular complexity index is 570. The van der Waals surface area contributed by atoms with E-state index in [1.807, 2.05) is 18.3 Å². The van der Waals surface area contributed by atoms with Crippen LogP contribution in [0.3, 0.4) is 0 Å². The predicted molar refractivity (Wildman–Crippen MR) is 65.6 cm³/mol. The number of carbonyl (C=O) groups excluding carboxylic acids is 2. The number of benzene rings is 1. The molecule has 2 aromatic rings. The highest BCUT2D eigenvalue weighted by Crippen LogP contribution is 2.14. The molecule has 0 fully saturated rings. The summed E-state index contributed by atoms with van der Waals surface area (Å²) in [7, 11) is 0. The molecule has 0 atom stereocenters. The van der Waals surface area contributed by atoms with Crippen LogP contribution in [0, 0.1) is 5.92 Å². The van der Waals surface area contributed by atoms with Gasteiger partial charge in [0.2, 0.25) is 5.91 Å². The van der Waals surface area contributed by atoms with Gasteiger partial charge in [0.05, 0.1) is 0 Å². The van der Waals surface area contributed by atoms with Gasteiger partial charge in [0.1, 0.15) is 0 Å². The van der Waals surface area contributed by atoms with E-state index in [1.54, 1.807) is 26.0 Å². The van der Waals surface area contributed by atoms with E-state index in [0.717, 1.165) is 10.9 Å². The molecule has 0 aliphatic carbocycles. The van der Waals surface area contributed by atoms with Crippen LogP contribution in [0.5, 0.6) is 0 Å². The maximum Gasteiger partial charge on any atom is 0.257 e. The van der Waals surface area contributed by atoms with Crippen molar-refractivity contribution in [2.45, 2.75) is 13.8 Å². The van der Waals surface area contributed by atoms with E-state index in [1.165, 1.54) is 0 Å². The van der Waals surface area contributed by atoms with Gasteiger partial charge >= 0.3 is 0 Å². The van der Waals surface area contributed by atoms with Gasteiger partial charge in [-0.2, -0.15) is 0 Å². The van der Waals surface area contributed by atoms with Crippen LogP contribution < -0.4 is 5.32 Å². The van der Waals surface area contributed by atoms with Crippen LogP contribution in [0.1, 0.15) is 24.2 Å². The summed E-state index contributed by atoms with van der Waals surface area (Å²) < 4.78 is 0. The number of amides is 2.